The molecule has 1 unspecified atom stereocenters. The number of halogens is 1. The third-order valence-electron chi connectivity index (χ3n) is 0.957. The van der Waals surface area contributed by atoms with Crippen molar-refractivity contribution in [1.82, 2.24) is 10.6 Å². The average molecular weight is 140 g/mol. The van der Waals surface area contributed by atoms with Crippen LogP contribution in [0.2, 0.25) is 0 Å². The summed E-state index contributed by atoms with van der Waals surface area (Å²) < 4.78 is 0. The molecule has 2 N–H and O–H groups in total. The highest BCUT2D eigenvalue weighted by Crippen LogP contribution is 1.65. The van der Waals surface area contributed by atoms with Gasteiger partial charge >= 0.3 is 0 Å². The van der Waals surface area contributed by atoms with Gasteiger partial charge in [-0.1, -0.05) is 0 Å². The van der Waals surface area contributed by atoms with E-state index in [2.05, 4.69) is 10.6 Å². The van der Waals surface area contributed by atoms with E-state index in [1.807, 2.05) is 0 Å². The lowest BCUT2D eigenvalue weighted by molar-refractivity contribution is 0.534. The van der Waals surface area contributed by atoms with Gasteiger partial charge in [0.05, 0.1) is 0 Å². The summed E-state index contributed by atoms with van der Waals surface area (Å²) in [4.78, 5) is 0. The minimum Gasteiger partial charge on any atom is -0.314 e. The summed E-state index contributed by atoms with van der Waals surface area (Å²) in [6.07, 6.45) is 0. The molecule has 0 bridgehead atoms. The SMILES string of the molecule is C1CNCCN1.F.P. The highest BCUT2D eigenvalue weighted by Gasteiger charge is 1.91. The smallest absolute Gasteiger partial charge is 0.00772 e. The first-order valence-corrected chi connectivity index (χ1v) is 2.41. The van der Waals surface area contributed by atoms with Gasteiger partial charge in [0, 0.05) is 26.2 Å². The summed E-state index contributed by atoms with van der Waals surface area (Å²) in [6.45, 7) is 4.56. The molecule has 1 aliphatic rings. The predicted molar refractivity (Wildman–Crippen MR) is 39.3 cm³/mol. The molecule has 2 nitrogen and oxygen atoms in total. The Morgan fingerprint density at radius 1 is 0.750 bits per heavy atom. The Balaban J connectivity index is 0. The molecule has 0 saturated carbocycles. The van der Waals surface area contributed by atoms with E-state index in [4.69, 9.17) is 0 Å². The van der Waals surface area contributed by atoms with Gasteiger partial charge < -0.3 is 10.6 Å². The maximum atomic E-state index is 3.22. The monoisotopic (exact) mass is 140 g/mol. The topological polar surface area (TPSA) is 24.1 Å². The number of piperazine rings is 1. The Morgan fingerprint density at radius 2 is 1.00 bits per heavy atom. The largest absolute Gasteiger partial charge is 0.314 e. The zero-order valence-electron chi connectivity index (χ0n) is 4.94. The van der Waals surface area contributed by atoms with Gasteiger partial charge in [0.1, 0.15) is 0 Å². The minimum atomic E-state index is 0. The third-order valence-corrected chi connectivity index (χ3v) is 0.957. The van der Waals surface area contributed by atoms with Crippen LogP contribution in [0.5, 0.6) is 0 Å². The molecule has 4 heteroatoms. The van der Waals surface area contributed by atoms with Gasteiger partial charge in [0.15, 0.2) is 0 Å². The Morgan fingerprint density at radius 3 is 1.12 bits per heavy atom. The van der Waals surface area contributed by atoms with Crippen molar-refractivity contribution in [2.75, 3.05) is 26.2 Å². The second kappa shape index (κ2) is 7.28. The maximum absolute atomic E-state index is 3.22. The Hall–Kier alpha value is 0.280. The van der Waals surface area contributed by atoms with E-state index >= 15 is 0 Å². The summed E-state index contributed by atoms with van der Waals surface area (Å²) in [5, 5.41) is 6.44. The number of hydrogen-bond donors (Lipinski definition) is 2. The lowest BCUT2D eigenvalue weighted by Gasteiger charge is -2.11. The Labute approximate surface area is 52.4 Å². The van der Waals surface area contributed by atoms with E-state index in [1.54, 1.807) is 0 Å². The first-order chi connectivity index (χ1) is 3.00. The lowest BCUT2D eigenvalue weighted by Crippen LogP contribution is -2.39. The van der Waals surface area contributed by atoms with Gasteiger partial charge in [0.25, 0.3) is 0 Å². The van der Waals surface area contributed by atoms with Crippen molar-refractivity contribution < 1.29 is 4.70 Å². The zero-order valence-corrected chi connectivity index (χ0v) is 6.36. The molecule has 1 atom stereocenters. The number of hydrogen-bond acceptors (Lipinski definition) is 2. The fourth-order valence-electron chi connectivity index (χ4n) is 0.604. The van der Waals surface area contributed by atoms with Crippen LogP contribution < -0.4 is 10.6 Å². The molecule has 0 radical (unpaired) electrons. The second-order valence-electron chi connectivity index (χ2n) is 1.50. The molecule has 0 aromatic heterocycles. The van der Waals surface area contributed by atoms with Crippen molar-refractivity contribution in [3.8, 4) is 0 Å². The molecule has 0 spiro atoms. The quantitative estimate of drug-likeness (QED) is 0.439. The number of nitrogens with one attached hydrogen (secondary N) is 2. The lowest BCUT2D eigenvalue weighted by atomic mass is 10.4. The summed E-state index contributed by atoms with van der Waals surface area (Å²) in [7, 11) is 0. The molecular formula is C4H14FN2P. The molecule has 0 aromatic carbocycles. The second-order valence-corrected chi connectivity index (χ2v) is 1.50. The summed E-state index contributed by atoms with van der Waals surface area (Å²) in [5.41, 5.74) is 0. The van der Waals surface area contributed by atoms with Crippen molar-refractivity contribution in [3.63, 3.8) is 0 Å². The van der Waals surface area contributed by atoms with Crippen molar-refractivity contribution in [2.45, 2.75) is 0 Å². The van der Waals surface area contributed by atoms with Crippen LogP contribution in [0.25, 0.3) is 0 Å². The van der Waals surface area contributed by atoms with Gasteiger partial charge in [0.2, 0.25) is 0 Å². The molecule has 1 rings (SSSR count). The van der Waals surface area contributed by atoms with E-state index in [9.17, 15) is 0 Å². The van der Waals surface area contributed by atoms with Crippen LogP contribution in [-0.2, 0) is 0 Å². The van der Waals surface area contributed by atoms with E-state index in [0.29, 0.717) is 0 Å². The highest BCUT2D eigenvalue weighted by molar-refractivity contribution is 6.92. The van der Waals surface area contributed by atoms with Crippen LogP contribution >= 0.6 is 9.90 Å². The van der Waals surface area contributed by atoms with Crippen molar-refractivity contribution >= 4 is 9.90 Å². The number of rotatable bonds is 0. The van der Waals surface area contributed by atoms with Crippen LogP contribution in [0.15, 0.2) is 0 Å². The molecule has 1 heterocycles. The molecule has 1 aliphatic heterocycles. The maximum Gasteiger partial charge on any atom is 0.00772 e. The van der Waals surface area contributed by atoms with Crippen LogP contribution in [0, 0.1) is 0 Å². The van der Waals surface area contributed by atoms with Gasteiger partial charge in [-0.15, -0.1) is 0 Å². The molecule has 1 saturated heterocycles. The predicted octanol–water partition coefficient (Wildman–Crippen LogP) is -0.610. The fourth-order valence-corrected chi connectivity index (χ4v) is 0.604. The van der Waals surface area contributed by atoms with Gasteiger partial charge in [-0.25, -0.2) is 0 Å². The Bertz CT molecular complexity index is 29.5. The Kier molecular flexibility index (Phi) is 10.1. The van der Waals surface area contributed by atoms with Crippen molar-refractivity contribution in [3.05, 3.63) is 0 Å². The molecule has 0 aromatic rings. The van der Waals surface area contributed by atoms with E-state index in [1.165, 1.54) is 0 Å². The van der Waals surface area contributed by atoms with Crippen molar-refractivity contribution in [1.29, 1.82) is 0 Å². The van der Waals surface area contributed by atoms with Crippen LogP contribution in [-0.4, -0.2) is 26.2 Å². The van der Waals surface area contributed by atoms with E-state index in [-0.39, 0.29) is 14.6 Å². The average Bonchev–Trinajstić information content (AvgIpc) is 1.72. The van der Waals surface area contributed by atoms with Gasteiger partial charge in [-0.2, -0.15) is 9.90 Å². The summed E-state index contributed by atoms with van der Waals surface area (Å²) >= 11 is 0. The zero-order chi connectivity index (χ0) is 4.24. The molecule has 0 aliphatic carbocycles. The summed E-state index contributed by atoms with van der Waals surface area (Å²) in [5.74, 6) is 0. The first kappa shape index (κ1) is 11.1. The van der Waals surface area contributed by atoms with Crippen LogP contribution in [0.4, 0.5) is 4.70 Å². The van der Waals surface area contributed by atoms with Crippen LogP contribution in [0.1, 0.15) is 0 Å². The van der Waals surface area contributed by atoms with E-state index in [0.717, 1.165) is 26.2 Å². The first-order valence-electron chi connectivity index (χ1n) is 2.41. The van der Waals surface area contributed by atoms with Gasteiger partial charge in [-0.05, 0) is 0 Å². The molecule has 1 fully saturated rings. The van der Waals surface area contributed by atoms with Crippen molar-refractivity contribution in [2.24, 2.45) is 0 Å². The fraction of sp³-hybridized carbons (Fsp3) is 1.00. The van der Waals surface area contributed by atoms with Gasteiger partial charge in [-0.3, -0.25) is 4.70 Å². The molecular weight excluding hydrogens is 126 g/mol. The molecule has 52 valence electrons. The summed E-state index contributed by atoms with van der Waals surface area (Å²) in [6, 6.07) is 0. The minimum absolute atomic E-state index is 0. The van der Waals surface area contributed by atoms with Crippen LogP contribution in [0.3, 0.4) is 0 Å². The highest BCUT2D eigenvalue weighted by atomic mass is 31.0. The molecule has 8 heavy (non-hydrogen) atoms. The standard InChI is InChI=1S/C4H10N2.FH.H3P/c1-2-6-4-3-5-1;;/h5-6H,1-4H2;1H;1H3. The normalized spacial score (nSPS) is 18.0. The third kappa shape index (κ3) is 4.44. The molecule has 0 amide bonds. The van der Waals surface area contributed by atoms with E-state index < -0.39 is 0 Å².